The molecule has 1 aromatic heterocycles. The SMILES string of the molecule is CCNC(=NCc1sc(C)nc1C)NCC(C)N(C)C1CC1. The maximum Gasteiger partial charge on any atom is 0.191 e. The highest BCUT2D eigenvalue weighted by molar-refractivity contribution is 7.11. The van der Waals surface area contributed by atoms with Gasteiger partial charge in [0, 0.05) is 30.1 Å². The van der Waals surface area contributed by atoms with E-state index in [0.717, 1.165) is 35.8 Å². The van der Waals surface area contributed by atoms with Crippen molar-refractivity contribution in [2.75, 3.05) is 20.1 Å². The van der Waals surface area contributed by atoms with Gasteiger partial charge in [-0.25, -0.2) is 9.98 Å². The van der Waals surface area contributed by atoms with Gasteiger partial charge in [-0.1, -0.05) is 0 Å². The summed E-state index contributed by atoms with van der Waals surface area (Å²) < 4.78 is 0. The Balaban J connectivity index is 1.87. The van der Waals surface area contributed by atoms with Crippen molar-refractivity contribution in [3.63, 3.8) is 0 Å². The van der Waals surface area contributed by atoms with E-state index in [0.29, 0.717) is 12.6 Å². The molecule has 1 atom stereocenters. The van der Waals surface area contributed by atoms with E-state index in [1.54, 1.807) is 11.3 Å². The van der Waals surface area contributed by atoms with Gasteiger partial charge in [0.1, 0.15) is 0 Å². The van der Waals surface area contributed by atoms with Crippen molar-refractivity contribution >= 4 is 17.3 Å². The maximum absolute atomic E-state index is 4.70. The van der Waals surface area contributed by atoms with Crippen LogP contribution in [0.5, 0.6) is 0 Å². The van der Waals surface area contributed by atoms with Crippen molar-refractivity contribution in [3.05, 3.63) is 15.6 Å². The van der Waals surface area contributed by atoms with E-state index in [1.165, 1.54) is 17.7 Å². The van der Waals surface area contributed by atoms with E-state index in [1.807, 2.05) is 6.92 Å². The van der Waals surface area contributed by atoms with Crippen molar-refractivity contribution in [1.29, 1.82) is 0 Å². The van der Waals surface area contributed by atoms with Crippen LogP contribution in [-0.4, -0.2) is 48.1 Å². The van der Waals surface area contributed by atoms with Gasteiger partial charge in [-0.15, -0.1) is 11.3 Å². The van der Waals surface area contributed by atoms with Gasteiger partial charge >= 0.3 is 0 Å². The summed E-state index contributed by atoms with van der Waals surface area (Å²) in [4.78, 5) is 12.9. The van der Waals surface area contributed by atoms with Crippen molar-refractivity contribution in [3.8, 4) is 0 Å². The lowest BCUT2D eigenvalue weighted by atomic mass is 10.3. The van der Waals surface area contributed by atoms with Gasteiger partial charge in [0.05, 0.1) is 17.2 Å². The molecule has 1 heterocycles. The lowest BCUT2D eigenvalue weighted by Gasteiger charge is -2.25. The van der Waals surface area contributed by atoms with Gasteiger partial charge in [-0.2, -0.15) is 0 Å². The molecule has 0 spiro atoms. The third kappa shape index (κ3) is 4.95. The molecule has 6 heteroatoms. The predicted octanol–water partition coefficient (Wildman–Crippen LogP) is 2.30. The Morgan fingerprint density at radius 3 is 2.68 bits per heavy atom. The third-order valence-corrected chi connectivity index (χ3v) is 5.17. The van der Waals surface area contributed by atoms with Gasteiger partial charge in [0.15, 0.2) is 5.96 Å². The molecule has 0 saturated heterocycles. The van der Waals surface area contributed by atoms with Gasteiger partial charge in [-0.3, -0.25) is 4.90 Å². The molecular formula is C16H29N5S. The van der Waals surface area contributed by atoms with Gasteiger partial charge < -0.3 is 10.6 Å². The zero-order valence-corrected chi connectivity index (χ0v) is 15.3. The molecule has 5 nitrogen and oxygen atoms in total. The Morgan fingerprint density at radius 1 is 1.41 bits per heavy atom. The van der Waals surface area contributed by atoms with E-state index in [9.17, 15) is 0 Å². The van der Waals surface area contributed by atoms with Crippen molar-refractivity contribution in [2.45, 2.75) is 59.2 Å². The first-order chi connectivity index (χ1) is 10.5. The topological polar surface area (TPSA) is 52.6 Å². The molecule has 0 bridgehead atoms. The molecule has 0 amide bonds. The van der Waals surface area contributed by atoms with Crippen LogP contribution < -0.4 is 10.6 Å². The summed E-state index contributed by atoms with van der Waals surface area (Å²) in [5, 5.41) is 7.90. The highest BCUT2D eigenvalue weighted by Crippen LogP contribution is 2.26. The average molecular weight is 324 g/mol. The summed E-state index contributed by atoms with van der Waals surface area (Å²) >= 11 is 1.73. The number of hydrogen-bond donors (Lipinski definition) is 2. The number of thiazole rings is 1. The molecule has 0 aromatic carbocycles. The van der Waals surface area contributed by atoms with Crippen LogP contribution in [0, 0.1) is 13.8 Å². The van der Waals surface area contributed by atoms with Crippen LogP contribution in [0.15, 0.2) is 4.99 Å². The van der Waals surface area contributed by atoms with Crippen molar-refractivity contribution in [2.24, 2.45) is 4.99 Å². The molecule has 22 heavy (non-hydrogen) atoms. The van der Waals surface area contributed by atoms with Crippen molar-refractivity contribution < 1.29 is 0 Å². The quantitative estimate of drug-likeness (QED) is 0.597. The minimum atomic E-state index is 0.517. The summed E-state index contributed by atoms with van der Waals surface area (Å²) in [6.07, 6.45) is 2.69. The second-order valence-corrected chi connectivity index (χ2v) is 7.35. The molecule has 0 radical (unpaired) electrons. The Bertz CT molecular complexity index is 507. The van der Waals surface area contributed by atoms with E-state index in [-0.39, 0.29) is 0 Å². The zero-order valence-electron chi connectivity index (χ0n) is 14.4. The molecule has 2 rings (SSSR count). The fraction of sp³-hybridized carbons (Fsp3) is 0.750. The largest absolute Gasteiger partial charge is 0.357 e. The number of nitrogens with zero attached hydrogens (tertiary/aromatic N) is 3. The van der Waals surface area contributed by atoms with Crippen LogP contribution in [-0.2, 0) is 6.54 Å². The molecule has 1 aliphatic carbocycles. The lowest BCUT2D eigenvalue weighted by molar-refractivity contribution is 0.247. The first kappa shape index (κ1) is 17.2. The smallest absolute Gasteiger partial charge is 0.191 e. The molecule has 124 valence electrons. The Morgan fingerprint density at radius 2 is 2.14 bits per heavy atom. The number of aliphatic imine (C=N–C) groups is 1. The number of aryl methyl sites for hydroxylation is 2. The van der Waals surface area contributed by atoms with Crippen LogP contribution in [0.2, 0.25) is 0 Å². The van der Waals surface area contributed by atoms with Crippen molar-refractivity contribution in [1.82, 2.24) is 20.5 Å². The lowest BCUT2D eigenvalue weighted by Crippen LogP contribution is -2.45. The highest BCUT2D eigenvalue weighted by Gasteiger charge is 2.28. The molecule has 1 saturated carbocycles. The Hall–Kier alpha value is -1.14. The minimum Gasteiger partial charge on any atom is -0.357 e. The summed E-state index contributed by atoms with van der Waals surface area (Å²) in [6.45, 7) is 11.0. The second kappa shape index (κ2) is 7.92. The number of likely N-dealkylation sites (N-methyl/N-ethyl adjacent to an activating group) is 1. The van der Waals surface area contributed by atoms with Crippen LogP contribution in [0.1, 0.15) is 42.3 Å². The maximum atomic E-state index is 4.70. The molecule has 1 fully saturated rings. The average Bonchev–Trinajstić information content (AvgIpc) is 3.27. The van der Waals surface area contributed by atoms with E-state index in [2.05, 4.69) is 48.3 Å². The van der Waals surface area contributed by atoms with Crippen LogP contribution in [0.3, 0.4) is 0 Å². The van der Waals surface area contributed by atoms with Crippen LogP contribution in [0.25, 0.3) is 0 Å². The first-order valence-electron chi connectivity index (χ1n) is 8.18. The van der Waals surface area contributed by atoms with Gasteiger partial charge in [0.2, 0.25) is 0 Å². The fourth-order valence-electron chi connectivity index (χ4n) is 2.44. The Kier molecular flexibility index (Phi) is 6.20. The summed E-state index contributed by atoms with van der Waals surface area (Å²) in [7, 11) is 2.22. The summed E-state index contributed by atoms with van der Waals surface area (Å²) in [6, 6.07) is 1.31. The number of aromatic nitrogens is 1. The molecule has 2 N–H and O–H groups in total. The minimum absolute atomic E-state index is 0.517. The first-order valence-corrected chi connectivity index (χ1v) is 9.00. The number of rotatable bonds is 7. The molecule has 1 aromatic rings. The Labute approximate surface area is 138 Å². The molecular weight excluding hydrogens is 294 g/mol. The summed E-state index contributed by atoms with van der Waals surface area (Å²) in [5.41, 5.74) is 1.10. The number of hydrogen-bond acceptors (Lipinski definition) is 4. The standard InChI is InChI=1S/C16H29N5S/c1-6-17-16(18-9-11(2)21(5)14-7-8-14)19-10-15-12(3)20-13(4)22-15/h11,14H,6-10H2,1-5H3,(H2,17,18,19). The van der Waals surface area contributed by atoms with E-state index >= 15 is 0 Å². The molecule has 0 aliphatic heterocycles. The van der Waals surface area contributed by atoms with Gasteiger partial charge in [-0.05, 0) is 47.6 Å². The predicted molar refractivity (Wildman–Crippen MR) is 94.7 cm³/mol. The van der Waals surface area contributed by atoms with Gasteiger partial charge in [0.25, 0.3) is 0 Å². The van der Waals surface area contributed by atoms with Crippen LogP contribution in [0.4, 0.5) is 0 Å². The fourth-order valence-corrected chi connectivity index (χ4v) is 3.30. The van der Waals surface area contributed by atoms with E-state index < -0.39 is 0 Å². The highest BCUT2D eigenvalue weighted by atomic mass is 32.1. The number of nitrogens with one attached hydrogen (secondary N) is 2. The third-order valence-electron chi connectivity index (χ3n) is 4.11. The molecule has 1 aliphatic rings. The zero-order chi connectivity index (χ0) is 16.1. The molecule has 1 unspecified atom stereocenters. The summed E-state index contributed by atoms with van der Waals surface area (Å²) in [5.74, 6) is 0.893. The monoisotopic (exact) mass is 323 g/mol. The number of guanidine groups is 1. The van der Waals surface area contributed by atoms with E-state index in [4.69, 9.17) is 4.99 Å². The second-order valence-electron chi connectivity index (χ2n) is 6.06. The normalized spacial score (nSPS) is 16.9. The van der Waals surface area contributed by atoms with Crippen LogP contribution >= 0.6 is 11.3 Å².